The summed E-state index contributed by atoms with van der Waals surface area (Å²) in [7, 11) is 0. The zero-order valence-corrected chi connectivity index (χ0v) is 9.40. The molecule has 0 aliphatic carbocycles. The number of nitrogen functional groups attached to an aromatic ring is 1. The van der Waals surface area contributed by atoms with Gasteiger partial charge in [-0.15, -0.1) is 0 Å². The summed E-state index contributed by atoms with van der Waals surface area (Å²) in [6.45, 7) is 0.567. The predicted octanol–water partition coefficient (Wildman–Crippen LogP) is 0.164. The Bertz CT molecular complexity index is 445. The van der Waals surface area contributed by atoms with Gasteiger partial charge in [-0.05, 0) is 24.1 Å². The molecule has 17 heavy (non-hydrogen) atoms. The van der Waals surface area contributed by atoms with Crippen molar-refractivity contribution < 1.29 is 9.59 Å². The van der Waals surface area contributed by atoms with Gasteiger partial charge in [-0.2, -0.15) is 0 Å². The third-order valence-corrected chi connectivity index (χ3v) is 2.74. The van der Waals surface area contributed by atoms with E-state index in [9.17, 15) is 9.59 Å². The summed E-state index contributed by atoms with van der Waals surface area (Å²) in [5.74, 6) is -0.442. The summed E-state index contributed by atoms with van der Waals surface area (Å²) >= 11 is 0. The first-order valence-corrected chi connectivity index (χ1v) is 5.56. The number of amides is 2. The minimum atomic E-state index is -0.297. The van der Waals surface area contributed by atoms with Crippen LogP contribution in [0, 0.1) is 0 Å². The van der Waals surface area contributed by atoms with Gasteiger partial charge in [-0.1, -0.05) is 12.1 Å². The second kappa shape index (κ2) is 4.97. The number of hydrogen-bond acceptors (Lipinski definition) is 4. The van der Waals surface area contributed by atoms with Crippen LogP contribution in [0.25, 0.3) is 0 Å². The first-order valence-electron chi connectivity index (χ1n) is 5.56. The van der Waals surface area contributed by atoms with E-state index in [1.165, 1.54) is 0 Å². The van der Waals surface area contributed by atoms with Gasteiger partial charge < -0.3 is 11.1 Å². The molecule has 1 fully saturated rings. The molecule has 90 valence electrons. The molecule has 1 aromatic carbocycles. The quantitative estimate of drug-likeness (QED) is 0.513. The fourth-order valence-electron chi connectivity index (χ4n) is 1.83. The van der Waals surface area contributed by atoms with Crippen LogP contribution in [-0.4, -0.2) is 17.9 Å². The Morgan fingerprint density at radius 3 is 2.94 bits per heavy atom. The van der Waals surface area contributed by atoms with Crippen LogP contribution < -0.4 is 16.4 Å². The van der Waals surface area contributed by atoms with Crippen molar-refractivity contribution in [2.45, 2.75) is 25.4 Å². The Balaban J connectivity index is 1.90. The summed E-state index contributed by atoms with van der Waals surface area (Å²) in [4.78, 5) is 22.4. The molecule has 1 aromatic rings. The number of nitrogens with two attached hydrogens (primary N) is 1. The molecule has 2 amide bonds. The van der Waals surface area contributed by atoms with E-state index in [4.69, 9.17) is 5.73 Å². The summed E-state index contributed by atoms with van der Waals surface area (Å²) in [5.41, 5.74) is 7.39. The molecular weight excluding hydrogens is 218 g/mol. The van der Waals surface area contributed by atoms with E-state index in [0.717, 1.165) is 5.56 Å². The monoisotopic (exact) mass is 233 g/mol. The van der Waals surface area contributed by atoms with Gasteiger partial charge in [-0.3, -0.25) is 14.9 Å². The maximum atomic E-state index is 11.5. The molecule has 1 heterocycles. The minimum absolute atomic E-state index is 0.197. The molecule has 0 aromatic heterocycles. The second-order valence-electron chi connectivity index (χ2n) is 4.13. The molecule has 0 bridgehead atoms. The van der Waals surface area contributed by atoms with Crippen molar-refractivity contribution in [2.75, 3.05) is 5.73 Å². The third-order valence-electron chi connectivity index (χ3n) is 2.74. The van der Waals surface area contributed by atoms with Gasteiger partial charge >= 0.3 is 0 Å². The molecule has 0 saturated carbocycles. The van der Waals surface area contributed by atoms with Gasteiger partial charge in [0.1, 0.15) is 0 Å². The number of piperidine rings is 1. The second-order valence-corrected chi connectivity index (χ2v) is 4.13. The van der Waals surface area contributed by atoms with Crippen molar-refractivity contribution in [2.24, 2.45) is 0 Å². The van der Waals surface area contributed by atoms with E-state index in [1.807, 2.05) is 24.3 Å². The predicted molar refractivity (Wildman–Crippen MR) is 63.9 cm³/mol. The number of benzene rings is 1. The Kier molecular flexibility index (Phi) is 3.39. The molecular formula is C12H15N3O2. The van der Waals surface area contributed by atoms with E-state index in [-0.39, 0.29) is 17.9 Å². The van der Waals surface area contributed by atoms with E-state index in [0.29, 0.717) is 25.1 Å². The summed E-state index contributed by atoms with van der Waals surface area (Å²) < 4.78 is 0. The number of anilines is 1. The van der Waals surface area contributed by atoms with E-state index in [2.05, 4.69) is 10.6 Å². The number of carbonyl (C=O) groups excluding carboxylic acids is 2. The summed E-state index contributed by atoms with van der Waals surface area (Å²) in [6.07, 6.45) is 0.938. The summed E-state index contributed by atoms with van der Waals surface area (Å²) in [5, 5.41) is 5.43. The van der Waals surface area contributed by atoms with Crippen molar-refractivity contribution in [3.05, 3.63) is 29.8 Å². The normalized spacial score (nSPS) is 20.1. The fraction of sp³-hybridized carbons (Fsp3) is 0.333. The maximum absolute atomic E-state index is 11.5. The van der Waals surface area contributed by atoms with Gasteiger partial charge in [0.15, 0.2) is 0 Å². The Morgan fingerprint density at radius 2 is 2.24 bits per heavy atom. The van der Waals surface area contributed by atoms with Gasteiger partial charge in [-0.25, -0.2) is 0 Å². The zero-order valence-electron chi connectivity index (χ0n) is 9.40. The Labute approximate surface area is 99.4 Å². The zero-order chi connectivity index (χ0) is 12.3. The molecule has 1 unspecified atom stereocenters. The van der Waals surface area contributed by atoms with Crippen molar-refractivity contribution in [1.29, 1.82) is 0 Å². The molecule has 1 saturated heterocycles. The highest BCUT2D eigenvalue weighted by molar-refractivity contribution is 6.00. The minimum Gasteiger partial charge on any atom is -0.399 e. The largest absolute Gasteiger partial charge is 0.399 e. The van der Waals surface area contributed by atoms with Crippen LogP contribution in [0.4, 0.5) is 5.69 Å². The number of hydrogen-bond donors (Lipinski definition) is 3. The average molecular weight is 233 g/mol. The number of carbonyl (C=O) groups is 2. The van der Waals surface area contributed by atoms with Crippen LogP contribution in [0.3, 0.4) is 0 Å². The SMILES string of the molecule is Nc1cccc(CNC2CCC(=O)NC2=O)c1. The highest BCUT2D eigenvalue weighted by atomic mass is 16.2. The van der Waals surface area contributed by atoms with Crippen molar-refractivity contribution in [3.8, 4) is 0 Å². The van der Waals surface area contributed by atoms with Gasteiger partial charge in [0.25, 0.3) is 0 Å². The lowest BCUT2D eigenvalue weighted by atomic mass is 10.1. The highest BCUT2D eigenvalue weighted by Crippen LogP contribution is 2.09. The molecule has 1 atom stereocenters. The Morgan fingerprint density at radius 1 is 1.41 bits per heavy atom. The number of rotatable bonds is 3. The number of imide groups is 1. The van der Waals surface area contributed by atoms with Crippen LogP contribution in [0.2, 0.25) is 0 Å². The molecule has 1 aliphatic rings. The topological polar surface area (TPSA) is 84.2 Å². The van der Waals surface area contributed by atoms with E-state index < -0.39 is 0 Å². The van der Waals surface area contributed by atoms with Crippen molar-refractivity contribution in [3.63, 3.8) is 0 Å². The maximum Gasteiger partial charge on any atom is 0.243 e. The van der Waals surface area contributed by atoms with Crippen LogP contribution in [0.15, 0.2) is 24.3 Å². The van der Waals surface area contributed by atoms with Gasteiger partial charge in [0.05, 0.1) is 6.04 Å². The van der Waals surface area contributed by atoms with Crippen LogP contribution in [-0.2, 0) is 16.1 Å². The molecule has 2 rings (SSSR count). The lowest BCUT2D eigenvalue weighted by molar-refractivity contribution is -0.134. The first kappa shape index (κ1) is 11.6. The van der Waals surface area contributed by atoms with Crippen LogP contribution >= 0.6 is 0 Å². The lowest BCUT2D eigenvalue weighted by Crippen LogP contribution is -2.50. The van der Waals surface area contributed by atoms with E-state index >= 15 is 0 Å². The Hall–Kier alpha value is -1.88. The third kappa shape index (κ3) is 3.04. The lowest BCUT2D eigenvalue weighted by Gasteiger charge is -2.21. The van der Waals surface area contributed by atoms with Crippen molar-refractivity contribution in [1.82, 2.24) is 10.6 Å². The smallest absolute Gasteiger partial charge is 0.243 e. The molecule has 5 nitrogen and oxygen atoms in total. The number of nitrogens with one attached hydrogen (secondary N) is 2. The molecule has 0 spiro atoms. The standard InChI is InChI=1S/C12H15N3O2/c13-9-3-1-2-8(6-9)7-14-10-4-5-11(16)15-12(10)17/h1-3,6,10,14H,4-5,7,13H2,(H,15,16,17). The van der Waals surface area contributed by atoms with Crippen LogP contribution in [0.5, 0.6) is 0 Å². The molecule has 5 heteroatoms. The fourth-order valence-corrected chi connectivity index (χ4v) is 1.83. The van der Waals surface area contributed by atoms with Gasteiger partial charge in [0.2, 0.25) is 11.8 Å². The highest BCUT2D eigenvalue weighted by Gasteiger charge is 2.25. The van der Waals surface area contributed by atoms with Gasteiger partial charge in [0, 0.05) is 18.7 Å². The average Bonchev–Trinajstić information content (AvgIpc) is 2.28. The summed E-state index contributed by atoms with van der Waals surface area (Å²) in [6, 6.07) is 7.19. The van der Waals surface area contributed by atoms with E-state index in [1.54, 1.807) is 0 Å². The van der Waals surface area contributed by atoms with Crippen LogP contribution in [0.1, 0.15) is 18.4 Å². The molecule has 1 aliphatic heterocycles. The van der Waals surface area contributed by atoms with Crippen molar-refractivity contribution >= 4 is 17.5 Å². The molecule has 4 N–H and O–H groups in total. The molecule has 0 radical (unpaired) electrons. The first-order chi connectivity index (χ1) is 8.15.